The van der Waals surface area contributed by atoms with Gasteiger partial charge < -0.3 is 15.7 Å². The summed E-state index contributed by atoms with van der Waals surface area (Å²) >= 11 is 0. The maximum Gasteiger partial charge on any atom is 0.336 e. The second-order valence-corrected chi connectivity index (χ2v) is 4.87. The fraction of sp³-hybridized carbons (Fsp3) is 0.118. The molecule has 0 aliphatic rings. The number of carboxylic acid groups (broad SMARTS) is 1. The molecule has 7 heteroatoms. The second-order valence-electron chi connectivity index (χ2n) is 4.87. The third-order valence-electron chi connectivity index (χ3n) is 3.19. The van der Waals surface area contributed by atoms with Gasteiger partial charge in [0.25, 0.3) is 11.8 Å². The number of amides is 2. The largest absolute Gasteiger partial charge is 0.478 e. The Morgan fingerprint density at radius 2 is 1.50 bits per heavy atom. The smallest absolute Gasteiger partial charge is 0.336 e. The van der Waals surface area contributed by atoms with E-state index in [4.69, 9.17) is 5.11 Å². The van der Waals surface area contributed by atoms with Crippen LogP contribution in [0.1, 0.15) is 31.1 Å². The Morgan fingerprint density at radius 1 is 0.875 bits per heavy atom. The van der Waals surface area contributed by atoms with E-state index in [9.17, 15) is 18.8 Å². The van der Waals surface area contributed by atoms with Gasteiger partial charge in [-0.2, -0.15) is 0 Å². The van der Waals surface area contributed by atoms with Crippen LogP contribution >= 0.6 is 0 Å². The highest BCUT2D eigenvalue weighted by Gasteiger charge is 2.15. The number of benzene rings is 2. The van der Waals surface area contributed by atoms with Crippen molar-refractivity contribution in [3.8, 4) is 0 Å². The van der Waals surface area contributed by atoms with Crippen LogP contribution in [0.3, 0.4) is 0 Å². The summed E-state index contributed by atoms with van der Waals surface area (Å²) in [7, 11) is 0. The van der Waals surface area contributed by atoms with Gasteiger partial charge in [-0.25, -0.2) is 9.18 Å². The molecule has 2 aromatic carbocycles. The second kappa shape index (κ2) is 7.87. The number of carbonyl (C=O) groups is 3. The summed E-state index contributed by atoms with van der Waals surface area (Å²) in [6, 6.07) is 11.1. The van der Waals surface area contributed by atoms with Gasteiger partial charge in [0.1, 0.15) is 5.82 Å². The van der Waals surface area contributed by atoms with Crippen LogP contribution in [0, 0.1) is 5.82 Å². The summed E-state index contributed by atoms with van der Waals surface area (Å²) in [5.41, 5.74) is 0.123. The van der Waals surface area contributed by atoms with Crippen LogP contribution in [0.2, 0.25) is 0 Å². The van der Waals surface area contributed by atoms with Crippen LogP contribution in [0.4, 0.5) is 4.39 Å². The number of carbonyl (C=O) groups excluding carboxylic acids is 2. The Bertz CT molecular complexity index is 777. The van der Waals surface area contributed by atoms with Gasteiger partial charge in [0.2, 0.25) is 0 Å². The lowest BCUT2D eigenvalue weighted by molar-refractivity contribution is 0.0691. The van der Waals surface area contributed by atoms with Crippen molar-refractivity contribution in [2.24, 2.45) is 0 Å². The Morgan fingerprint density at radius 3 is 2.12 bits per heavy atom. The molecule has 0 aliphatic heterocycles. The highest BCUT2D eigenvalue weighted by Crippen LogP contribution is 2.08. The van der Waals surface area contributed by atoms with E-state index in [1.807, 2.05) is 0 Å². The van der Waals surface area contributed by atoms with E-state index in [1.54, 1.807) is 6.07 Å². The number of hydrogen-bond acceptors (Lipinski definition) is 3. The quantitative estimate of drug-likeness (QED) is 0.702. The van der Waals surface area contributed by atoms with Gasteiger partial charge in [0, 0.05) is 18.7 Å². The summed E-state index contributed by atoms with van der Waals surface area (Å²) in [5, 5.41) is 14.1. The van der Waals surface area contributed by atoms with Crippen molar-refractivity contribution in [2.75, 3.05) is 13.1 Å². The topological polar surface area (TPSA) is 95.5 Å². The lowest BCUT2D eigenvalue weighted by Crippen LogP contribution is -2.35. The highest BCUT2D eigenvalue weighted by atomic mass is 19.1. The van der Waals surface area contributed by atoms with Crippen molar-refractivity contribution in [2.45, 2.75) is 0 Å². The zero-order valence-electron chi connectivity index (χ0n) is 12.6. The molecule has 0 fully saturated rings. The first-order valence-corrected chi connectivity index (χ1v) is 7.13. The molecule has 0 saturated heterocycles. The van der Waals surface area contributed by atoms with Gasteiger partial charge in [-0.3, -0.25) is 9.59 Å². The highest BCUT2D eigenvalue weighted by molar-refractivity contribution is 6.04. The van der Waals surface area contributed by atoms with Crippen molar-refractivity contribution in [3.63, 3.8) is 0 Å². The van der Waals surface area contributed by atoms with Crippen LogP contribution in [-0.2, 0) is 0 Å². The van der Waals surface area contributed by atoms with Crippen LogP contribution in [-0.4, -0.2) is 36.0 Å². The van der Waals surface area contributed by atoms with Crippen molar-refractivity contribution >= 4 is 17.8 Å². The minimum atomic E-state index is -1.19. The number of aromatic carboxylic acids is 1. The van der Waals surface area contributed by atoms with Crippen LogP contribution in [0.25, 0.3) is 0 Å². The third kappa shape index (κ3) is 4.39. The van der Waals surface area contributed by atoms with Crippen molar-refractivity contribution < 1.29 is 23.9 Å². The predicted molar refractivity (Wildman–Crippen MR) is 84.5 cm³/mol. The van der Waals surface area contributed by atoms with Gasteiger partial charge in [0.05, 0.1) is 11.1 Å². The molecule has 124 valence electrons. The van der Waals surface area contributed by atoms with Gasteiger partial charge in [-0.1, -0.05) is 18.2 Å². The van der Waals surface area contributed by atoms with Gasteiger partial charge in [-0.15, -0.1) is 0 Å². The molecule has 6 nitrogen and oxygen atoms in total. The lowest BCUT2D eigenvalue weighted by atomic mass is 10.1. The number of nitrogens with one attached hydrogen (secondary N) is 2. The molecule has 0 aliphatic carbocycles. The Kier molecular flexibility index (Phi) is 5.62. The third-order valence-corrected chi connectivity index (χ3v) is 3.19. The first-order valence-electron chi connectivity index (χ1n) is 7.13. The fourth-order valence-electron chi connectivity index (χ4n) is 2.05. The van der Waals surface area contributed by atoms with Crippen LogP contribution in [0.5, 0.6) is 0 Å². The van der Waals surface area contributed by atoms with E-state index in [0.29, 0.717) is 0 Å². The molecular formula is C17H15FN2O4. The Hall–Kier alpha value is -3.22. The molecular weight excluding hydrogens is 315 g/mol. The zero-order valence-corrected chi connectivity index (χ0v) is 12.6. The average molecular weight is 330 g/mol. The molecule has 0 unspecified atom stereocenters. The Labute approximate surface area is 137 Å². The van der Waals surface area contributed by atoms with Crippen molar-refractivity contribution in [1.82, 2.24) is 10.6 Å². The van der Waals surface area contributed by atoms with Crippen LogP contribution < -0.4 is 10.6 Å². The monoisotopic (exact) mass is 330 g/mol. The molecule has 0 saturated carbocycles. The maximum atomic E-state index is 13.0. The zero-order chi connectivity index (χ0) is 17.5. The number of carboxylic acids is 1. The van der Waals surface area contributed by atoms with E-state index in [0.717, 1.165) is 6.07 Å². The van der Waals surface area contributed by atoms with E-state index < -0.39 is 23.6 Å². The molecule has 0 aromatic heterocycles. The molecule has 0 atom stereocenters. The molecule has 24 heavy (non-hydrogen) atoms. The molecule has 0 bridgehead atoms. The fourth-order valence-corrected chi connectivity index (χ4v) is 2.05. The molecule has 0 radical (unpaired) electrons. The molecule has 2 aromatic rings. The standard InChI is InChI=1S/C17H15FN2O4/c18-12-5-3-4-11(10-12)15(21)19-8-9-20-16(22)13-6-1-2-7-14(13)17(23)24/h1-7,10H,8-9H2,(H,19,21)(H,20,22)(H,23,24). The summed E-state index contributed by atoms with van der Waals surface area (Å²) < 4.78 is 13.0. The van der Waals surface area contributed by atoms with Crippen molar-refractivity contribution in [3.05, 3.63) is 71.0 Å². The minimum Gasteiger partial charge on any atom is -0.478 e. The first kappa shape index (κ1) is 17.1. The van der Waals surface area contributed by atoms with Crippen LogP contribution in [0.15, 0.2) is 48.5 Å². The normalized spacial score (nSPS) is 10.0. The number of halogens is 1. The average Bonchev–Trinajstić information content (AvgIpc) is 2.58. The molecule has 0 heterocycles. The lowest BCUT2D eigenvalue weighted by Gasteiger charge is -2.09. The number of hydrogen-bond donors (Lipinski definition) is 3. The molecule has 2 amide bonds. The molecule has 0 spiro atoms. The molecule has 3 N–H and O–H groups in total. The molecule has 2 rings (SSSR count). The first-order chi connectivity index (χ1) is 11.5. The van der Waals surface area contributed by atoms with Gasteiger partial charge in [-0.05, 0) is 30.3 Å². The summed E-state index contributed by atoms with van der Waals surface area (Å²) in [6.07, 6.45) is 0. The van der Waals surface area contributed by atoms with E-state index >= 15 is 0 Å². The Balaban J connectivity index is 1.85. The van der Waals surface area contributed by atoms with E-state index in [2.05, 4.69) is 10.6 Å². The predicted octanol–water partition coefficient (Wildman–Crippen LogP) is 1.68. The van der Waals surface area contributed by atoms with Crippen molar-refractivity contribution in [1.29, 1.82) is 0 Å². The summed E-state index contributed by atoms with van der Waals surface area (Å²) in [6.45, 7) is 0.226. The van der Waals surface area contributed by atoms with Gasteiger partial charge in [0.15, 0.2) is 0 Å². The van der Waals surface area contributed by atoms with Gasteiger partial charge >= 0.3 is 5.97 Å². The van der Waals surface area contributed by atoms with E-state index in [-0.39, 0.29) is 29.8 Å². The maximum absolute atomic E-state index is 13.0. The summed E-state index contributed by atoms with van der Waals surface area (Å²) in [4.78, 5) is 34.8. The SMILES string of the molecule is O=C(NCCNC(=O)c1ccccc1C(=O)O)c1cccc(F)c1. The number of rotatable bonds is 6. The minimum absolute atomic E-state index is 0.0430. The summed E-state index contributed by atoms with van der Waals surface area (Å²) in [5.74, 6) is -2.72. The van der Waals surface area contributed by atoms with E-state index in [1.165, 1.54) is 36.4 Å².